The highest BCUT2D eigenvalue weighted by atomic mass is 32.2. The summed E-state index contributed by atoms with van der Waals surface area (Å²) in [6.07, 6.45) is 2.87. The van der Waals surface area contributed by atoms with Gasteiger partial charge >= 0.3 is 0 Å². The largest absolute Gasteiger partial charge is 0.490 e. The van der Waals surface area contributed by atoms with Gasteiger partial charge < -0.3 is 10.1 Å². The second-order valence-corrected chi connectivity index (χ2v) is 7.93. The molecular weight excluding hydrogens is 383 g/mol. The van der Waals surface area contributed by atoms with Gasteiger partial charge in [-0.1, -0.05) is 19.6 Å². The molecule has 1 atom stereocenters. The fourth-order valence-corrected chi connectivity index (χ4v) is 3.88. The summed E-state index contributed by atoms with van der Waals surface area (Å²) in [5.41, 5.74) is 0.723. The van der Waals surface area contributed by atoms with Crippen molar-refractivity contribution in [2.45, 2.75) is 19.4 Å². The van der Waals surface area contributed by atoms with Gasteiger partial charge in [0.15, 0.2) is 0 Å². The van der Waals surface area contributed by atoms with E-state index in [1.54, 1.807) is 37.3 Å². The minimum absolute atomic E-state index is 0.221. The maximum atomic E-state index is 13.2. The van der Waals surface area contributed by atoms with E-state index >= 15 is 0 Å². The number of hydrogen-bond acceptors (Lipinski definition) is 4. The maximum absolute atomic E-state index is 13.2. The van der Waals surface area contributed by atoms with Gasteiger partial charge in [0.25, 0.3) is 0 Å². The maximum Gasteiger partial charge on any atom is 0.248 e. The molecule has 0 fully saturated rings. The molecule has 0 spiro atoms. The third-order valence-electron chi connectivity index (χ3n) is 3.90. The summed E-state index contributed by atoms with van der Waals surface area (Å²) >= 11 is 0. The van der Waals surface area contributed by atoms with E-state index < -0.39 is 27.8 Å². The molecule has 0 aliphatic carbocycles. The normalized spacial score (nSPS) is 12.1. The van der Waals surface area contributed by atoms with Crippen LogP contribution in [-0.4, -0.2) is 33.2 Å². The van der Waals surface area contributed by atoms with Crippen LogP contribution in [0.2, 0.25) is 0 Å². The van der Waals surface area contributed by atoms with Gasteiger partial charge in [-0.3, -0.25) is 9.10 Å². The Labute approximate surface area is 164 Å². The van der Waals surface area contributed by atoms with Crippen LogP contribution in [0, 0.1) is 5.82 Å². The molecule has 0 radical (unpaired) electrons. The van der Waals surface area contributed by atoms with Gasteiger partial charge in [0.05, 0.1) is 11.9 Å². The highest BCUT2D eigenvalue weighted by Gasteiger charge is 2.31. The number of anilines is 2. The van der Waals surface area contributed by atoms with Crippen LogP contribution in [0.4, 0.5) is 15.8 Å². The number of carbonyl (C=O) groups is 1. The van der Waals surface area contributed by atoms with Gasteiger partial charge in [-0.2, -0.15) is 0 Å². The van der Waals surface area contributed by atoms with Crippen molar-refractivity contribution in [2.75, 3.05) is 22.5 Å². The van der Waals surface area contributed by atoms with Crippen molar-refractivity contribution in [3.63, 3.8) is 0 Å². The van der Waals surface area contributed by atoms with Crippen LogP contribution < -0.4 is 14.4 Å². The van der Waals surface area contributed by atoms with Crippen molar-refractivity contribution in [3.05, 3.63) is 67.0 Å². The molecule has 0 unspecified atom stereocenters. The van der Waals surface area contributed by atoms with E-state index in [-0.39, 0.29) is 12.1 Å². The van der Waals surface area contributed by atoms with Crippen LogP contribution in [0.5, 0.6) is 5.75 Å². The van der Waals surface area contributed by atoms with Crippen LogP contribution >= 0.6 is 0 Å². The summed E-state index contributed by atoms with van der Waals surface area (Å²) in [6, 6.07) is 10.7. The fraction of sp³-hybridized carbons (Fsp3) is 0.250. The van der Waals surface area contributed by atoms with E-state index in [4.69, 9.17) is 4.74 Å². The Bertz CT molecular complexity index is 912. The summed E-state index contributed by atoms with van der Waals surface area (Å²) in [5, 5.41) is 2.72. The van der Waals surface area contributed by atoms with Crippen LogP contribution in [0.3, 0.4) is 0 Å². The van der Waals surface area contributed by atoms with E-state index in [0.29, 0.717) is 18.0 Å². The Kier molecular flexibility index (Phi) is 7.17. The summed E-state index contributed by atoms with van der Waals surface area (Å²) in [4.78, 5) is 12.8. The number of sulfonamides is 1. The molecular formula is C20H23FN2O4S. The van der Waals surface area contributed by atoms with E-state index in [2.05, 4.69) is 11.9 Å². The lowest BCUT2D eigenvalue weighted by Crippen LogP contribution is -2.47. The molecule has 2 aromatic carbocycles. The van der Waals surface area contributed by atoms with E-state index in [1.807, 2.05) is 0 Å². The SMILES string of the molecule is C=CCOc1ccc(NC(=O)[C@@H](CC)N(c2ccc(F)cc2)S(C)(=O)=O)cc1. The Morgan fingerprint density at radius 2 is 1.82 bits per heavy atom. The average Bonchev–Trinajstić information content (AvgIpc) is 2.65. The molecule has 8 heteroatoms. The van der Waals surface area contributed by atoms with Crippen molar-refractivity contribution in [1.82, 2.24) is 0 Å². The Balaban J connectivity index is 2.24. The Morgan fingerprint density at radius 1 is 1.21 bits per heavy atom. The molecule has 0 bridgehead atoms. The lowest BCUT2D eigenvalue weighted by Gasteiger charge is -2.30. The van der Waals surface area contributed by atoms with Crippen molar-refractivity contribution in [2.24, 2.45) is 0 Å². The first-order valence-corrected chi connectivity index (χ1v) is 10.5. The van der Waals surface area contributed by atoms with Crippen molar-refractivity contribution < 1.29 is 22.3 Å². The van der Waals surface area contributed by atoms with Gasteiger partial charge in [-0.25, -0.2) is 12.8 Å². The lowest BCUT2D eigenvalue weighted by atomic mass is 10.1. The minimum atomic E-state index is -3.78. The van der Waals surface area contributed by atoms with Crippen LogP contribution in [0.25, 0.3) is 0 Å². The number of nitrogens with one attached hydrogen (secondary N) is 1. The number of benzene rings is 2. The zero-order valence-corrected chi connectivity index (χ0v) is 16.6. The lowest BCUT2D eigenvalue weighted by molar-refractivity contribution is -0.117. The summed E-state index contributed by atoms with van der Waals surface area (Å²) in [5.74, 6) is -0.362. The Hall–Kier alpha value is -2.87. The highest BCUT2D eigenvalue weighted by molar-refractivity contribution is 7.92. The molecule has 28 heavy (non-hydrogen) atoms. The molecule has 2 rings (SSSR count). The van der Waals surface area contributed by atoms with Crippen molar-refractivity contribution in [3.8, 4) is 5.75 Å². The molecule has 2 aromatic rings. The number of rotatable bonds is 9. The zero-order valence-electron chi connectivity index (χ0n) is 15.8. The average molecular weight is 406 g/mol. The first kappa shape index (κ1) is 21.4. The van der Waals surface area contributed by atoms with Crippen LogP contribution in [-0.2, 0) is 14.8 Å². The third-order valence-corrected chi connectivity index (χ3v) is 5.08. The van der Waals surface area contributed by atoms with Crippen molar-refractivity contribution >= 4 is 27.3 Å². The monoisotopic (exact) mass is 406 g/mol. The van der Waals surface area contributed by atoms with Gasteiger partial charge in [-0.15, -0.1) is 0 Å². The molecule has 0 aromatic heterocycles. The second-order valence-electron chi connectivity index (χ2n) is 6.07. The molecule has 0 aliphatic rings. The third kappa shape index (κ3) is 5.56. The van der Waals surface area contributed by atoms with E-state index in [1.165, 1.54) is 12.1 Å². The molecule has 1 amide bonds. The summed E-state index contributed by atoms with van der Waals surface area (Å²) in [6.45, 7) is 5.64. The van der Waals surface area contributed by atoms with Gasteiger partial charge in [0.2, 0.25) is 15.9 Å². The standard InChI is InChI=1S/C20H23FN2O4S/c1-4-14-27-18-12-8-16(9-13-18)22-20(24)19(5-2)23(28(3,25)26)17-10-6-15(21)7-11-17/h4,6-13,19H,1,5,14H2,2-3H3,(H,22,24)/t19-/m1/s1. The number of ether oxygens (including phenoxy) is 1. The van der Waals surface area contributed by atoms with Gasteiger partial charge in [0.1, 0.15) is 24.2 Å². The molecule has 150 valence electrons. The molecule has 0 heterocycles. The Morgan fingerprint density at radius 3 is 2.32 bits per heavy atom. The number of nitrogens with zero attached hydrogens (tertiary/aromatic N) is 1. The quantitative estimate of drug-likeness (QED) is 0.646. The number of amides is 1. The zero-order chi connectivity index (χ0) is 20.7. The van der Waals surface area contributed by atoms with Crippen molar-refractivity contribution in [1.29, 1.82) is 0 Å². The number of hydrogen-bond donors (Lipinski definition) is 1. The highest BCUT2D eigenvalue weighted by Crippen LogP contribution is 2.24. The van der Waals surface area contributed by atoms with Crippen LogP contribution in [0.15, 0.2) is 61.2 Å². The van der Waals surface area contributed by atoms with Crippen LogP contribution in [0.1, 0.15) is 13.3 Å². The minimum Gasteiger partial charge on any atom is -0.490 e. The molecule has 0 saturated carbocycles. The molecule has 0 saturated heterocycles. The number of carbonyl (C=O) groups excluding carboxylic acids is 1. The molecule has 6 nitrogen and oxygen atoms in total. The number of halogens is 1. The second kappa shape index (κ2) is 9.36. The first-order chi connectivity index (χ1) is 13.3. The predicted molar refractivity (Wildman–Crippen MR) is 109 cm³/mol. The summed E-state index contributed by atoms with van der Waals surface area (Å²) in [7, 11) is -3.78. The topological polar surface area (TPSA) is 75.7 Å². The first-order valence-electron chi connectivity index (χ1n) is 8.66. The van der Waals surface area contributed by atoms with Gasteiger partial charge in [0, 0.05) is 5.69 Å². The summed E-state index contributed by atoms with van der Waals surface area (Å²) < 4.78 is 44.3. The van der Waals surface area contributed by atoms with Gasteiger partial charge in [-0.05, 0) is 55.0 Å². The fourth-order valence-electron chi connectivity index (χ4n) is 2.66. The smallest absolute Gasteiger partial charge is 0.248 e. The van der Waals surface area contributed by atoms with E-state index in [9.17, 15) is 17.6 Å². The molecule has 0 aliphatic heterocycles. The molecule has 1 N–H and O–H groups in total. The predicted octanol–water partition coefficient (Wildman–Crippen LogP) is 3.57. The van der Waals surface area contributed by atoms with E-state index in [0.717, 1.165) is 22.7 Å².